The molecule has 0 saturated carbocycles. The zero-order chi connectivity index (χ0) is 12.3. The molecule has 2 rings (SSSR count). The van der Waals surface area contributed by atoms with Crippen molar-refractivity contribution in [3.05, 3.63) is 29.0 Å². The average molecular weight is 250 g/mol. The fraction of sp³-hybridized carbons (Fsp3) is 0.364. The Morgan fingerprint density at radius 2 is 2.35 bits per heavy atom. The van der Waals surface area contributed by atoms with Gasteiger partial charge in [-0.05, 0) is 18.1 Å². The van der Waals surface area contributed by atoms with E-state index in [9.17, 15) is 4.79 Å². The van der Waals surface area contributed by atoms with Crippen LogP contribution in [0.15, 0.2) is 18.3 Å². The monoisotopic (exact) mass is 250 g/mol. The molecule has 0 fully saturated rings. The third kappa shape index (κ3) is 3.13. The van der Waals surface area contributed by atoms with Gasteiger partial charge in [-0.25, -0.2) is 0 Å². The number of aromatic amines is 1. The highest BCUT2D eigenvalue weighted by Crippen LogP contribution is 2.18. The molecular formula is C11H14N4OS. The number of nitrogens with zero attached hydrogens (tertiary/aromatic N) is 2. The second-order valence-electron chi connectivity index (χ2n) is 4.14. The Hall–Kier alpha value is -1.69. The molecule has 2 aromatic rings. The first-order chi connectivity index (χ1) is 8.15. The van der Waals surface area contributed by atoms with Gasteiger partial charge in [0, 0.05) is 12.6 Å². The van der Waals surface area contributed by atoms with Crippen LogP contribution in [0.2, 0.25) is 0 Å². The highest BCUT2D eigenvalue weighted by molar-refractivity contribution is 7.15. The Bertz CT molecular complexity index is 489. The number of carbonyl (C=O) groups is 1. The minimum Gasteiger partial charge on any atom is -0.357 e. The molecule has 17 heavy (non-hydrogen) atoms. The van der Waals surface area contributed by atoms with Gasteiger partial charge in [0.2, 0.25) is 5.13 Å². The first-order valence-electron chi connectivity index (χ1n) is 5.42. The van der Waals surface area contributed by atoms with E-state index < -0.39 is 0 Å². The van der Waals surface area contributed by atoms with E-state index in [1.807, 2.05) is 0 Å². The second kappa shape index (κ2) is 5.09. The van der Waals surface area contributed by atoms with Gasteiger partial charge >= 0.3 is 0 Å². The van der Waals surface area contributed by atoms with Gasteiger partial charge in [-0.2, -0.15) is 0 Å². The molecule has 0 saturated heterocycles. The van der Waals surface area contributed by atoms with Crippen molar-refractivity contribution < 1.29 is 4.79 Å². The summed E-state index contributed by atoms with van der Waals surface area (Å²) in [5.74, 6) is 0.345. The minimum atomic E-state index is -0.192. The molecule has 0 aromatic carbocycles. The third-order valence-electron chi connectivity index (χ3n) is 2.11. The van der Waals surface area contributed by atoms with Gasteiger partial charge in [0.1, 0.15) is 10.7 Å². The predicted molar refractivity (Wildman–Crippen MR) is 67.2 cm³/mol. The Morgan fingerprint density at radius 1 is 1.53 bits per heavy atom. The molecule has 0 spiro atoms. The molecule has 0 atom stereocenters. The molecule has 2 aromatic heterocycles. The lowest BCUT2D eigenvalue weighted by Crippen LogP contribution is -2.11. The zero-order valence-electron chi connectivity index (χ0n) is 9.73. The number of nitrogens with one attached hydrogen (secondary N) is 2. The first-order valence-corrected chi connectivity index (χ1v) is 6.24. The molecule has 5 nitrogen and oxygen atoms in total. The van der Waals surface area contributed by atoms with Crippen LogP contribution < -0.4 is 5.32 Å². The van der Waals surface area contributed by atoms with Crippen LogP contribution in [0.1, 0.15) is 29.3 Å². The normalized spacial score (nSPS) is 10.8. The van der Waals surface area contributed by atoms with E-state index in [1.165, 1.54) is 11.3 Å². The maximum Gasteiger partial charge on any atom is 0.273 e. The van der Waals surface area contributed by atoms with Crippen molar-refractivity contribution in [2.45, 2.75) is 20.3 Å². The van der Waals surface area contributed by atoms with Crippen LogP contribution in [0, 0.1) is 5.92 Å². The lowest BCUT2D eigenvalue weighted by atomic mass is 10.1. The molecule has 0 radical (unpaired) electrons. The largest absolute Gasteiger partial charge is 0.357 e. The number of amides is 1. The number of aromatic nitrogens is 3. The summed E-state index contributed by atoms with van der Waals surface area (Å²) >= 11 is 1.42. The van der Waals surface area contributed by atoms with E-state index in [4.69, 9.17) is 0 Å². The van der Waals surface area contributed by atoms with Gasteiger partial charge in [0.05, 0.1) is 0 Å². The Kier molecular flexibility index (Phi) is 3.53. The fourth-order valence-electron chi connectivity index (χ4n) is 1.37. The van der Waals surface area contributed by atoms with E-state index in [1.54, 1.807) is 18.3 Å². The topological polar surface area (TPSA) is 70.7 Å². The maximum absolute atomic E-state index is 11.7. The highest BCUT2D eigenvalue weighted by atomic mass is 32.1. The summed E-state index contributed by atoms with van der Waals surface area (Å²) in [6, 6.07) is 3.49. The van der Waals surface area contributed by atoms with Gasteiger partial charge in [-0.15, -0.1) is 10.2 Å². The molecule has 2 N–H and O–H groups in total. The van der Waals surface area contributed by atoms with Crippen molar-refractivity contribution >= 4 is 22.4 Å². The van der Waals surface area contributed by atoms with Crippen molar-refractivity contribution in [1.29, 1.82) is 0 Å². The van der Waals surface area contributed by atoms with Gasteiger partial charge in [0.15, 0.2) is 0 Å². The standard InChI is InChI=1S/C11H14N4OS/c1-7(2)6-9-14-15-11(17-9)13-10(16)8-4-3-5-12-8/h3-5,7,12H,6H2,1-2H3,(H,13,15,16). The first kappa shape index (κ1) is 11.8. The number of rotatable bonds is 4. The zero-order valence-corrected chi connectivity index (χ0v) is 10.5. The third-order valence-corrected chi connectivity index (χ3v) is 2.97. The smallest absolute Gasteiger partial charge is 0.273 e. The van der Waals surface area contributed by atoms with Crippen LogP contribution in [0.5, 0.6) is 0 Å². The fourth-order valence-corrected chi connectivity index (χ4v) is 2.32. The summed E-state index contributed by atoms with van der Waals surface area (Å²) < 4.78 is 0. The predicted octanol–water partition coefficient (Wildman–Crippen LogP) is 2.32. The second-order valence-corrected chi connectivity index (χ2v) is 5.20. The summed E-state index contributed by atoms with van der Waals surface area (Å²) in [6.07, 6.45) is 2.59. The molecule has 2 heterocycles. The molecule has 6 heteroatoms. The number of hydrogen-bond acceptors (Lipinski definition) is 4. The van der Waals surface area contributed by atoms with Crippen LogP contribution in [-0.4, -0.2) is 21.1 Å². The Morgan fingerprint density at radius 3 is 3.00 bits per heavy atom. The van der Waals surface area contributed by atoms with E-state index >= 15 is 0 Å². The molecule has 0 aliphatic heterocycles. The Labute approximate surface area is 103 Å². The van der Waals surface area contributed by atoms with Crippen molar-refractivity contribution in [1.82, 2.24) is 15.2 Å². The van der Waals surface area contributed by atoms with Crippen LogP contribution in [0.25, 0.3) is 0 Å². The van der Waals surface area contributed by atoms with Gasteiger partial charge in [0.25, 0.3) is 5.91 Å². The highest BCUT2D eigenvalue weighted by Gasteiger charge is 2.11. The molecule has 90 valence electrons. The van der Waals surface area contributed by atoms with Crippen LogP contribution in [0.3, 0.4) is 0 Å². The lowest BCUT2D eigenvalue weighted by Gasteiger charge is -1.98. The lowest BCUT2D eigenvalue weighted by molar-refractivity contribution is 0.102. The van der Waals surface area contributed by atoms with Crippen LogP contribution in [-0.2, 0) is 6.42 Å². The SMILES string of the molecule is CC(C)Cc1nnc(NC(=O)c2ccc[nH]2)s1. The van der Waals surface area contributed by atoms with Crippen molar-refractivity contribution in [3.8, 4) is 0 Å². The molecule has 1 amide bonds. The van der Waals surface area contributed by atoms with Crippen molar-refractivity contribution in [3.63, 3.8) is 0 Å². The van der Waals surface area contributed by atoms with E-state index in [-0.39, 0.29) is 5.91 Å². The van der Waals surface area contributed by atoms with E-state index in [0.29, 0.717) is 16.7 Å². The average Bonchev–Trinajstić information content (AvgIpc) is 2.87. The van der Waals surface area contributed by atoms with E-state index in [0.717, 1.165) is 11.4 Å². The van der Waals surface area contributed by atoms with E-state index in [2.05, 4.69) is 34.3 Å². The molecular weight excluding hydrogens is 236 g/mol. The summed E-state index contributed by atoms with van der Waals surface area (Å²) in [6.45, 7) is 4.25. The summed E-state index contributed by atoms with van der Waals surface area (Å²) in [7, 11) is 0. The van der Waals surface area contributed by atoms with Crippen molar-refractivity contribution in [2.24, 2.45) is 5.92 Å². The number of H-pyrrole nitrogens is 1. The molecule has 0 aliphatic rings. The van der Waals surface area contributed by atoms with Gasteiger partial charge in [-0.3, -0.25) is 10.1 Å². The van der Waals surface area contributed by atoms with Crippen molar-refractivity contribution in [2.75, 3.05) is 5.32 Å². The summed E-state index contributed by atoms with van der Waals surface area (Å²) in [5, 5.41) is 12.2. The van der Waals surface area contributed by atoms with Crippen LogP contribution in [0.4, 0.5) is 5.13 Å². The van der Waals surface area contributed by atoms with Crippen LogP contribution >= 0.6 is 11.3 Å². The quantitative estimate of drug-likeness (QED) is 0.874. The summed E-state index contributed by atoms with van der Waals surface area (Å²) in [5.41, 5.74) is 0.519. The van der Waals surface area contributed by atoms with Gasteiger partial charge < -0.3 is 4.98 Å². The molecule has 0 aliphatic carbocycles. The maximum atomic E-state index is 11.7. The number of anilines is 1. The van der Waals surface area contributed by atoms with Gasteiger partial charge in [-0.1, -0.05) is 25.2 Å². The molecule has 0 bridgehead atoms. The summed E-state index contributed by atoms with van der Waals surface area (Å²) in [4.78, 5) is 14.5. The number of carbonyl (C=O) groups excluding carboxylic acids is 1. The minimum absolute atomic E-state index is 0.192. The Balaban J connectivity index is 1.99. The number of hydrogen-bond donors (Lipinski definition) is 2. The molecule has 0 unspecified atom stereocenters.